The molecule has 150 valence electrons. The Balaban J connectivity index is 1.60. The van der Waals surface area contributed by atoms with E-state index in [1.165, 1.54) is 11.8 Å². The number of carbonyl (C=O) groups excluding carboxylic acids is 1. The maximum Gasteiger partial charge on any atom is 0.258 e. The standard InChI is InChI=1S/C24H21N3O2S/c1-27(16-21-25-20-15-9-8-14-19(20)23(28)26-21)24(29)22(17-10-4-2-5-11-17)30-18-12-6-3-7-13-18/h2-15,22H,16H2,1H3,(H,25,26,28)/t22-/m0/s1. The molecule has 0 aliphatic carbocycles. The van der Waals surface area contributed by atoms with Crippen LogP contribution in [0.3, 0.4) is 0 Å². The zero-order valence-electron chi connectivity index (χ0n) is 16.5. The van der Waals surface area contributed by atoms with Crippen LogP contribution in [-0.2, 0) is 11.3 Å². The Hall–Kier alpha value is -3.38. The van der Waals surface area contributed by atoms with E-state index in [0.29, 0.717) is 16.7 Å². The van der Waals surface area contributed by atoms with E-state index in [1.807, 2.05) is 66.7 Å². The van der Waals surface area contributed by atoms with Gasteiger partial charge in [-0.15, -0.1) is 11.8 Å². The molecule has 0 aliphatic heterocycles. The van der Waals surface area contributed by atoms with Gasteiger partial charge >= 0.3 is 0 Å². The minimum atomic E-state index is -0.397. The molecule has 0 bridgehead atoms. The van der Waals surface area contributed by atoms with Gasteiger partial charge in [0.15, 0.2) is 0 Å². The second kappa shape index (κ2) is 8.97. The summed E-state index contributed by atoms with van der Waals surface area (Å²) in [6.45, 7) is 0.220. The molecule has 1 heterocycles. The van der Waals surface area contributed by atoms with Crippen LogP contribution in [0.2, 0.25) is 0 Å². The fourth-order valence-corrected chi connectivity index (χ4v) is 4.40. The van der Waals surface area contributed by atoms with Gasteiger partial charge in [-0.2, -0.15) is 0 Å². The molecule has 0 spiro atoms. The number of H-pyrrole nitrogens is 1. The number of rotatable bonds is 6. The Labute approximate surface area is 178 Å². The van der Waals surface area contributed by atoms with Crippen LogP contribution in [0.4, 0.5) is 0 Å². The minimum absolute atomic E-state index is 0.0501. The Morgan fingerprint density at radius 1 is 0.967 bits per heavy atom. The topological polar surface area (TPSA) is 66.1 Å². The van der Waals surface area contributed by atoms with Crippen molar-refractivity contribution in [3.05, 3.63) is 107 Å². The van der Waals surface area contributed by atoms with Gasteiger partial charge in [-0.25, -0.2) is 4.98 Å². The third-order valence-corrected chi connectivity index (χ3v) is 6.00. The number of para-hydroxylation sites is 1. The predicted octanol–water partition coefficient (Wildman–Crippen LogP) is 4.42. The summed E-state index contributed by atoms with van der Waals surface area (Å²) in [6.07, 6.45) is 0. The molecule has 0 fully saturated rings. The van der Waals surface area contributed by atoms with Crippen molar-refractivity contribution in [2.45, 2.75) is 16.7 Å². The molecule has 3 aromatic carbocycles. The lowest BCUT2D eigenvalue weighted by atomic mass is 10.1. The van der Waals surface area contributed by atoms with E-state index in [9.17, 15) is 9.59 Å². The molecule has 1 atom stereocenters. The third-order valence-electron chi connectivity index (χ3n) is 4.75. The SMILES string of the molecule is CN(Cc1nc2ccccc2c(=O)[nH]1)C(=O)[C@@H](Sc1ccccc1)c1ccccc1. The maximum absolute atomic E-state index is 13.4. The zero-order chi connectivity index (χ0) is 20.9. The van der Waals surface area contributed by atoms with Gasteiger partial charge in [0.25, 0.3) is 5.56 Å². The van der Waals surface area contributed by atoms with Gasteiger partial charge in [-0.1, -0.05) is 60.7 Å². The predicted molar refractivity (Wildman–Crippen MR) is 120 cm³/mol. The summed E-state index contributed by atoms with van der Waals surface area (Å²) in [6, 6.07) is 26.8. The highest BCUT2D eigenvalue weighted by Gasteiger charge is 2.25. The summed E-state index contributed by atoms with van der Waals surface area (Å²) >= 11 is 1.51. The molecule has 5 nitrogen and oxygen atoms in total. The fourth-order valence-electron chi connectivity index (χ4n) is 3.24. The van der Waals surface area contributed by atoms with Crippen LogP contribution in [0.25, 0.3) is 10.9 Å². The van der Waals surface area contributed by atoms with Crippen LogP contribution in [-0.4, -0.2) is 27.8 Å². The van der Waals surface area contributed by atoms with Crippen LogP contribution in [0.1, 0.15) is 16.6 Å². The number of carbonyl (C=O) groups is 1. The molecule has 1 aromatic heterocycles. The van der Waals surface area contributed by atoms with Gasteiger partial charge in [-0.05, 0) is 29.8 Å². The highest BCUT2D eigenvalue weighted by molar-refractivity contribution is 8.00. The van der Waals surface area contributed by atoms with E-state index in [2.05, 4.69) is 9.97 Å². The van der Waals surface area contributed by atoms with Gasteiger partial charge in [0.2, 0.25) is 5.91 Å². The fraction of sp³-hybridized carbons (Fsp3) is 0.125. The van der Waals surface area contributed by atoms with Gasteiger partial charge < -0.3 is 9.88 Å². The number of nitrogens with one attached hydrogen (secondary N) is 1. The summed E-state index contributed by atoms with van der Waals surface area (Å²) in [5.74, 6) is 0.414. The molecular weight excluding hydrogens is 394 g/mol. The van der Waals surface area contributed by atoms with Gasteiger partial charge in [0, 0.05) is 11.9 Å². The number of aromatic amines is 1. The Morgan fingerprint density at radius 3 is 2.33 bits per heavy atom. The molecule has 0 unspecified atom stereocenters. The first-order chi connectivity index (χ1) is 14.6. The monoisotopic (exact) mass is 415 g/mol. The van der Waals surface area contributed by atoms with Crippen LogP contribution < -0.4 is 5.56 Å². The van der Waals surface area contributed by atoms with Crippen LogP contribution >= 0.6 is 11.8 Å². The van der Waals surface area contributed by atoms with E-state index >= 15 is 0 Å². The summed E-state index contributed by atoms with van der Waals surface area (Å²) in [5.41, 5.74) is 1.35. The molecule has 1 amide bonds. The lowest BCUT2D eigenvalue weighted by Crippen LogP contribution is -2.31. The van der Waals surface area contributed by atoms with Crippen molar-refractivity contribution in [1.29, 1.82) is 0 Å². The second-order valence-electron chi connectivity index (χ2n) is 6.95. The Morgan fingerprint density at radius 2 is 1.60 bits per heavy atom. The number of nitrogens with zero attached hydrogens (tertiary/aromatic N) is 2. The van der Waals surface area contributed by atoms with Crippen LogP contribution in [0.15, 0.2) is 94.6 Å². The molecular formula is C24H21N3O2S. The normalized spacial score (nSPS) is 11.9. The first-order valence-electron chi connectivity index (χ1n) is 9.61. The summed E-state index contributed by atoms with van der Waals surface area (Å²) < 4.78 is 0. The van der Waals surface area contributed by atoms with Crippen molar-refractivity contribution >= 4 is 28.6 Å². The lowest BCUT2D eigenvalue weighted by Gasteiger charge is -2.23. The smallest absolute Gasteiger partial charge is 0.258 e. The Kier molecular flexibility index (Phi) is 5.95. The number of likely N-dealkylation sites (N-methyl/N-ethyl adjacent to an activating group) is 1. The van der Waals surface area contributed by atoms with Crippen molar-refractivity contribution < 1.29 is 4.79 Å². The highest BCUT2D eigenvalue weighted by Crippen LogP contribution is 2.36. The number of aromatic nitrogens is 2. The molecule has 0 saturated carbocycles. The number of benzene rings is 3. The van der Waals surface area contributed by atoms with Crippen molar-refractivity contribution in [3.63, 3.8) is 0 Å². The highest BCUT2D eigenvalue weighted by atomic mass is 32.2. The third kappa shape index (κ3) is 4.44. The van der Waals surface area contributed by atoms with Crippen molar-refractivity contribution in [1.82, 2.24) is 14.9 Å². The first-order valence-corrected chi connectivity index (χ1v) is 10.5. The van der Waals surface area contributed by atoms with Gasteiger partial charge in [0.1, 0.15) is 11.1 Å². The van der Waals surface area contributed by atoms with E-state index < -0.39 is 5.25 Å². The summed E-state index contributed by atoms with van der Waals surface area (Å²) in [7, 11) is 1.74. The van der Waals surface area contributed by atoms with Gasteiger partial charge in [0.05, 0.1) is 17.4 Å². The van der Waals surface area contributed by atoms with Crippen LogP contribution in [0.5, 0.6) is 0 Å². The Bertz CT molecular complexity index is 1210. The van der Waals surface area contributed by atoms with Crippen molar-refractivity contribution in [3.8, 4) is 0 Å². The zero-order valence-corrected chi connectivity index (χ0v) is 17.3. The molecule has 30 heavy (non-hydrogen) atoms. The maximum atomic E-state index is 13.4. The molecule has 0 radical (unpaired) electrons. The molecule has 1 N–H and O–H groups in total. The number of thioether (sulfide) groups is 1. The second-order valence-corrected chi connectivity index (χ2v) is 8.12. The van der Waals surface area contributed by atoms with E-state index in [0.717, 1.165) is 10.5 Å². The molecule has 6 heteroatoms. The van der Waals surface area contributed by atoms with E-state index in [1.54, 1.807) is 30.1 Å². The van der Waals surface area contributed by atoms with E-state index in [-0.39, 0.29) is 18.0 Å². The van der Waals surface area contributed by atoms with Crippen LogP contribution in [0, 0.1) is 0 Å². The van der Waals surface area contributed by atoms with Gasteiger partial charge in [-0.3, -0.25) is 9.59 Å². The van der Waals surface area contributed by atoms with E-state index in [4.69, 9.17) is 0 Å². The molecule has 4 aromatic rings. The van der Waals surface area contributed by atoms with Crippen molar-refractivity contribution in [2.75, 3.05) is 7.05 Å². The first kappa shape index (κ1) is 19.9. The quantitative estimate of drug-likeness (QED) is 0.474. The minimum Gasteiger partial charge on any atom is -0.337 e. The molecule has 4 rings (SSSR count). The largest absolute Gasteiger partial charge is 0.337 e. The summed E-state index contributed by atoms with van der Waals surface area (Å²) in [5, 5.41) is 0.141. The summed E-state index contributed by atoms with van der Waals surface area (Å²) in [4.78, 5) is 35.7. The molecule has 0 aliphatic rings. The number of hydrogen-bond acceptors (Lipinski definition) is 4. The lowest BCUT2D eigenvalue weighted by molar-refractivity contribution is -0.130. The number of amides is 1. The van der Waals surface area contributed by atoms with Crippen molar-refractivity contribution in [2.24, 2.45) is 0 Å². The number of fused-ring (bicyclic) bond motifs is 1. The average Bonchev–Trinajstić information content (AvgIpc) is 2.78. The number of hydrogen-bond donors (Lipinski definition) is 1. The average molecular weight is 416 g/mol. The molecule has 0 saturated heterocycles.